The summed E-state index contributed by atoms with van der Waals surface area (Å²) in [7, 11) is 1.44. The maximum absolute atomic E-state index is 12.7. The number of imidazole rings is 1. The SMILES string of the molecule is CCOc1ccc(NC(=O)COc2ccc(C(=O)Nc3ccc4[nH]c(=O)[nH]c4c3)cc2OC)cc1. The van der Waals surface area contributed by atoms with Crippen LogP contribution in [0, 0.1) is 0 Å². The topological polar surface area (TPSA) is 135 Å². The van der Waals surface area contributed by atoms with Crippen LogP contribution in [0.5, 0.6) is 17.2 Å². The maximum atomic E-state index is 12.7. The fourth-order valence-electron chi connectivity index (χ4n) is 3.38. The van der Waals surface area contributed by atoms with E-state index in [1.165, 1.54) is 13.2 Å². The smallest absolute Gasteiger partial charge is 0.323 e. The number of aromatic amines is 2. The van der Waals surface area contributed by atoms with Crippen LogP contribution in [0.3, 0.4) is 0 Å². The number of rotatable bonds is 9. The predicted octanol–water partition coefficient (Wildman–Crippen LogP) is 3.53. The molecule has 35 heavy (non-hydrogen) atoms. The van der Waals surface area contributed by atoms with Crippen molar-refractivity contribution >= 4 is 34.2 Å². The van der Waals surface area contributed by atoms with Crippen molar-refractivity contribution in [1.29, 1.82) is 0 Å². The molecule has 3 aromatic carbocycles. The van der Waals surface area contributed by atoms with Gasteiger partial charge in [-0.3, -0.25) is 9.59 Å². The Balaban J connectivity index is 1.37. The van der Waals surface area contributed by atoms with E-state index in [1.54, 1.807) is 54.6 Å². The molecule has 0 radical (unpaired) electrons. The molecule has 2 amide bonds. The summed E-state index contributed by atoms with van der Waals surface area (Å²) >= 11 is 0. The molecule has 0 fully saturated rings. The molecule has 1 heterocycles. The molecule has 0 atom stereocenters. The third-order valence-electron chi connectivity index (χ3n) is 5.01. The summed E-state index contributed by atoms with van der Waals surface area (Å²) in [6.07, 6.45) is 0. The molecule has 10 heteroatoms. The van der Waals surface area contributed by atoms with E-state index >= 15 is 0 Å². The Kier molecular flexibility index (Phi) is 7.01. The van der Waals surface area contributed by atoms with Crippen LogP contribution in [0.4, 0.5) is 11.4 Å². The molecule has 0 aliphatic rings. The second kappa shape index (κ2) is 10.5. The molecule has 0 aliphatic heterocycles. The Morgan fingerprint density at radius 1 is 0.829 bits per heavy atom. The highest BCUT2D eigenvalue weighted by molar-refractivity contribution is 6.05. The predicted molar refractivity (Wildman–Crippen MR) is 132 cm³/mol. The van der Waals surface area contributed by atoms with Gasteiger partial charge >= 0.3 is 5.69 Å². The number of anilines is 2. The molecule has 180 valence electrons. The summed E-state index contributed by atoms with van der Waals surface area (Å²) in [5, 5.41) is 5.52. The number of nitrogens with one attached hydrogen (secondary N) is 4. The molecule has 0 aliphatic carbocycles. The van der Waals surface area contributed by atoms with Crippen LogP contribution in [-0.4, -0.2) is 42.1 Å². The molecule has 1 aromatic heterocycles. The number of carbonyl (C=O) groups excluding carboxylic acids is 2. The summed E-state index contributed by atoms with van der Waals surface area (Å²) in [4.78, 5) is 41.7. The molecule has 4 aromatic rings. The number of carbonyl (C=O) groups is 2. The Morgan fingerprint density at radius 3 is 2.31 bits per heavy atom. The van der Waals surface area contributed by atoms with Crippen molar-refractivity contribution in [3.05, 3.63) is 76.7 Å². The van der Waals surface area contributed by atoms with Crippen molar-refractivity contribution in [2.24, 2.45) is 0 Å². The van der Waals surface area contributed by atoms with Gasteiger partial charge in [0.05, 0.1) is 24.8 Å². The molecule has 0 saturated heterocycles. The van der Waals surface area contributed by atoms with Crippen LogP contribution in [0.25, 0.3) is 11.0 Å². The second-order valence-corrected chi connectivity index (χ2v) is 7.45. The number of aromatic nitrogens is 2. The molecular formula is C25H24N4O6. The number of methoxy groups -OCH3 is 1. The van der Waals surface area contributed by atoms with Crippen LogP contribution < -0.4 is 30.5 Å². The fraction of sp³-hybridized carbons (Fsp3) is 0.160. The first kappa shape index (κ1) is 23.4. The van der Waals surface area contributed by atoms with Crippen LogP contribution in [0.15, 0.2) is 65.5 Å². The van der Waals surface area contributed by atoms with Crippen LogP contribution in [0.1, 0.15) is 17.3 Å². The number of fused-ring (bicyclic) bond motifs is 1. The van der Waals surface area contributed by atoms with Crippen molar-refractivity contribution in [3.63, 3.8) is 0 Å². The molecule has 0 spiro atoms. The van der Waals surface area contributed by atoms with Gasteiger partial charge in [-0.05, 0) is 67.6 Å². The van der Waals surface area contributed by atoms with Crippen LogP contribution >= 0.6 is 0 Å². The summed E-state index contributed by atoms with van der Waals surface area (Å²) in [5.74, 6) is 0.612. The average molecular weight is 476 g/mol. The lowest BCUT2D eigenvalue weighted by Gasteiger charge is -2.13. The zero-order valence-corrected chi connectivity index (χ0v) is 19.1. The number of hydrogen-bond acceptors (Lipinski definition) is 6. The standard InChI is InChI=1S/C25H24N4O6/c1-3-34-18-8-5-16(6-9-18)26-23(30)14-35-21-11-4-15(12-22(21)33-2)24(31)27-17-7-10-19-20(13-17)29-25(32)28-19/h4-13H,3,14H2,1-2H3,(H,26,30)(H,27,31)(H2,28,29,32). The van der Waals surface area contributed by atoms with Gasteiger partial charge in [-0.1, -0.05) is 0 Å². The molecule has 4 rings (SSSR count). The molecular weight excluding hydrogens is 452 g/mol. The monoisotopic (exact) mass is 476 g/mol. The first-order valence-corrected chi connectivity index (χ1v) is 10.8. The summed E-state index contributed by atoms with van der Waals surface area (Å²) < 4.78 is 16.3. The van der Waals surface area contributed by atoms with E-state index in [4.69, 9.17) is 14.2 Å². The number of ether oxygens (including phenoxy) is 3. The molecule has 4 N–H and O–H groups in total. The van der Waals surface area contributed by atoms with E-state index in [9.17, 15) is 14.4 Å². The average Bonchev–Trinajstić information content (AvgIpc) is 3.23. The van der Waals surface area contributed by atoms with Gasteiger partial charge in [0.15, 0.2) is 18.1 Å². The first-order valence-electron chi connectivity index (χ1n) is 10.8. The molecule has 0 saturated carbocycles. The Morgan fingerprint density at radius 2 is 1.57 bits per heavy atom. The van der Waals surface area contributed by atoms with Crippen molar-refractivity contribution in [1.82, 2.24) is 9.97 Å². The highest BCUT2D eigenvalue weighted by atomic mass is 16.5. The second-order valence-electron chi connectivity index (χ2n) is 7.45. The minimum absolute atomic E-state index is 0.246. The zero-order chi connectivity index (χ0) is 24.8. The van der Waals surface area contributed by atoms with E-state index in [0.717, 1.165) is 5.75 Å². The normalized spacial score (nSPS) is 10.6. The lowest BCUT2D eigenvalue weighted by molar-refractivity contribution is -0.118. The van der Waals surface area contributed by atoms with Gasteiger partial charge in [-0.25, -0.2) is 4.79 Å². The maximum Gasteiger partial charge on any atom is 0.323 e. The Bertz CT molecular complexity index is 1410. The van der Waals surface area contributed by atoms with E-state index in [0.29, 0.717) is 46.1 Å². The first-order chi connectivity index (χ1) is 16.9. The number of hydrogen-bond donors (Lipinski definition) is 4. The molecule has 0 bridgehead atoms. The van der Waals surface area contributed by atoms with Crippen LogP contribution in [-0.2, 0) is 4.79 Å². The van der Waals surface area contributed by atoms with Crippen LogP contribution in [0.2, 0.25) is 0 Å². The highest BCUT2D eigenvalue weighted by Gasteiger charge is 2.14. The molecule has 0 unspecified atom stereocenters. The third kappa shape index (κ3) is 5.80. The summed E-state index contributed by atoms with van der Waals surface area (Å²) in [6.45, 7) is 2.21. The van der Waals surface area contributed by atoms with Crippen molar-refractivity contribution in [2.75, 3.05) is 31.0 Å². The third-order valence-corrected chi connectivity index (χ3v) is 5.01. The van der Waals surface area contributed by atoms with Crippen molar-refractivity contribution in [2.45, 2.75) is 6.92 Å². The van der Waals surface area contributed by atoms with Crippen molar-refractivity contribution in [3.8, 4) is 17.2 Å². The highest BCUT2D eigenvalue weighted by Crippen LogP contribution is 2.28. The largest absolute Gasteiger partial charge is 0.494 e. The van der Waals surface area contributed by atoms with Gasteiger partial charge in [0.1, 0.15) is 5.75 Å². The van der Waals surface area contributed by atoms with E-state index in [2.05, 4.69) is 20.6 Å². The summed E-state index contributed by atoms with van der Waals surface area (Å²) in [6, 6.07) is 16.7. The van der Waals surface area contributed by atoms with Gasteiger partial charge < -0.3 is 34.8 Å². The van der Waals surface area contributed by atoms with E-state index in [-0.39, 0.29) is 24.1 Å². The number of amides is 2. The number of benzene rings is 3. The van der Waals surface area contributed by atoms with Gasteiger partial charge in [0.2, 0.25) is 0 Å². The lowest BCUT2D eigenvalue weighted by Crippen LogP contribution is -2.20. The Hall–Kier alpha value is -4.73. The van der Waals surface area contributed by atoms with E-state index in [1.807, 2.05) is 6.92 Å². The van der Waals surface area contributed by atoms with Gasteiger partial charge in [0.25, 0.3) is 11.8 Å². The lowest BCUT2D eigenvalue weighted by atomic mass is 10.1. The minimum atomic E-state index is -0.375. The van der Waals surface area contributed by atoms with Gasteiger partial charge in [0, 0.05) is 16.9 Å². The fourth-order valence-corrected chi connectivity index (χ4v) is 3.38. The van der Waals surface area contributed by atoms with E-state index < -0.39 is 0 Å². The zero-order valence-electron chi connectivity index (χ0n) is 19.1. The quantitative estimate of drug-likeness (QED) is 0.292. The van der Waals surface area contributed by atoms with Gasteiger partial charge in [-0.15, -0.1) is 0 Å². The Labute approximate surface area is 200 Å². The molecule has 10 nitrogen and oxygen atoms in total. The number of H-pyrrole nitrogens is 2. The minimum Gasteiger partial charge on any atom is -0.494 e. The van der Waals surface area contributed by atoms with Crippen molar-refractivity contribution < 1.29 is 23.8 Å². The summed E-state index contributed by atoms with van der Waals surface area (Å²) in [5.41, 5.74) is 2.36. The van der Waals surface area contributed by atoms with Gasteiger partial charge in [-0.2, -0.15) is 0 Å².